The minimum atomic E-state index is -0.161. The zero-order valence-electron chi connectivity index (χ0n) is 6.76. The van der Waals surface area contributed by atoms with Gasteiger partial charge in [-0.3, -0.25) is 0 Å². The molecule has 0 spiro atoms. The Bertz CT molecular complexity index is 111. The number of terminal acetylenes is 1. The molecule has 0 fully saturated rings. The second-order valence-corrected chi connectivity index (χ2v) is 2.20. The first-order chi connectivity index (χ1) is 4.74. The van der Waals surface area contributed by atoms with Crippen molar-refractivity contribution in [2.75, 3.05) is 14.2 Å². The first-order valence-corrected chi connectivity index (χ1v) is 3.26. The summed E-state index contributed by atoms with van der Waals surface area (Å²) in [4.78, 5) is 0. The van der Waals surface area contributed by atoms with Gasteiger partial charge in [-0.15, -0.1) is 12.3 Å². The molecule has 0 aromatic heterocycles. The Hall–Kier alpha value is -0.520. The lowest BCUT2D eigenvalue weighted by molar-refractivity contribution is -0.110. The lowest BCUT2D eigenvalue weighted by atomic mass is 10.1. The van der Waals surface area contributed by atoms with Crippen molar-refractivity contribution in [2.24, 2.45) is 5.92 Å². The average Bonchev–Trinajstić information content (AvgIpc) is 1.99. The maximum Gasteiger partial charge on any atom is 0.157 e. The fourth-order valence-electron chi connectivity index (χ4n) is 0.645. The standard InChI is InChI=1S/C8H14O2/c1-5-7(2)6-8(9-3)10-4/h1,7-8H,6H2,2-4H3. The number of rotatable bonds is 4. The molecule has 0 rings (SSSR count). The summed E-state index contributed by atoms with van der Waals surface area (Å²) in [6, 6.07) is 0. The average molecular weight is 142 g/mol. The Morgan fingerprint density at radius 3 is 2.20 bits per heavy atom. The van der Waals surface area contributed by atoms with Gasteiger partial charge in [-0.25, -0.2) is 0 Å². The van der Waals surface area contributed by atoms with Gasteiger partial charge in [-0.2, -0.15) is 0 Å². The maximum absolute atomic E-state index is 5.17. The summed E-state index contributed by atoms with van der Waals surface area (Å²) in [5, 5.41) is 0. The summed E-state index contributed by atoms with van der Waals surface area (Å²) in [7, 11) is 3.22. The van der Waals surface area contributed by atoms with Crippen molar-refractivity contribution < 1.29 is 9.47 Å². The van der Waals surface area contributed by atoms with E-state index in [4.69, 9.17) is 15.9 Å². The van der Waals surface area contributed by atoms with Gasteiger partial charge in [-0.1, -0.05) is 6.92 Å². The number of ether oxygens (including phenoxy) is 2. The van der Waals surface area contributed by atoms with Gasteiger partial charge in [0.25, 0.3) is 0 Å². The van der Waals surface area contributed by atoms with E-state index in [1.165, 1.54) is 0 Å². The van der Waals surface area contributed by atoms with Gasteiger partial charge < -0.3 is 9.47 Å². The van der Waals surface area contributed by atoms with Crippen LogP contribution in [0.1, 0.15) is 13.3 Å². The monoisotopic (exact) mass is 142 g/mol. The SMILES string of the molecule is C#CC(C)CC(OC)OC. The third-order valence-electron chi connectivity index (χ3n) is 1.36. The van der Waals surface area contributed by atoms with Crippen LogP contribution in [0.15, 0.2) is 0 Å². The van der Waals surface area contributed by atoms with E-state index in [1.807, 2.05) is 6.92 Å². The van der Waals surface area contributed by atoms with Crippen LogP contribution in [0.5, 0.6) is 0 Å². The van der Waals surface area contributed by atoms with E-state index in [1.54, 1.807) is 14.2 Å². The second kappa shape index (κ2) is 5.28. The molecular formula is C8H14O2. The Morgan fingerprint density at radius 1 is 1.40 bits per heavy atom. The van der Waals surface area contributed by atoms with E-state index >= 15 is 0 Å². The number of methoxy groups -OCH3 is 2. The van der Waals surface area contributed by atoms with Crippen LogP contribution in [-0.4, -0.2) is 20.5 Å². The summed E-state index contributed by atoms with van der Waals surface area (Å²) < 4.78 is 9.91. The van der Waals surface area contributed by atoms with Gasteiger partial charge in [0.05, 0.1) is 0 Å². The first kappa shape index (κ1) is 9.48. The Balaban J connectivity index is 3.54. The smallest absolute Gasteiger partial charge is 0.157 e. The lowest BCUT2D eigenvalue weighted by Crippen LogP contribution is -2.15. The first-order valence-electron chi connectivity index (χ1n) is 3.26. The zero-order chi connectivity index (χ0) is 7.98. The van der Waals surface area contributed by atoms with Gasteiger partial charge in [0.15, 0.2) is 6.29 Å². The van der Waals surface area contributed by atoms with Crippen LogP contribution in [0.3, 0.4) is 0 Å². The van der Waals surface area contributed by atoms with Gasteiger partial charge in [0.1, 0.15) is 0 Å². The van der Waals surface area contributed by atoms with E-state index < -0.39 is 0 Å². The van der Waals surface area contributed by atoms with E-state index in [9.17, 15) is 0 Å². The molecule has 0 aromatic rings. The molecule has 0 bridgehead atoms. The fraction of sp³-hybridized carbons (Fsp3) is 0.750. The predicted octanol–water partition coefficient (Wildman–Crippen LogP) is 1.26. The van der Waals surface area contributed by atoms with Crippen LogP contribution in [0.4, 0.5) is 0 Å². The minimum Gasteiger partial charge on any atom is -0.356 e. The molecule has 2 heteroatoms. The second-order valence-electron chi connectivity index (χ2n) is 2.20. The van der Waals surface area contributed by atoms with Crippen LogP contribution >= 0.6 is 0 Å². The van der Waals surface area contributed by atoms with Crippen LogP contribution in [0.25, 0.3) is 0 Å². The van der Waals surface area contributed by atoms with Crippen molar-refractivity contribution in [3.8, 4) is 12.3 Å². The van der Waals surface area contributed by atoms with Crippen molar-refractivity contribution in [3.63, 3.8) is 0 Å². The van der Waals surface area contributed by atoms with Gasteiger partial charge in [-0.05, 0) is 0 Å². The molecule has 0 radical (unpaired) electrons. The molecular weight excluding hydrogens is 128 g/mol. The molecule has 0 amide bonds. The molecule has 58 valence electrons. The third-order valence-corrected chi connectivity index (χ3v) is 1.36. The highest BCUT2D eigenvalue weighted by Gasteiger charge is 2.08. The lowest BCUT2D eigenvalue weighted by Gasteiger charge is -2.14. The molecule has 0 saturated carbocycles. The molecule has 0 heterocycles. The van der Waals surface area contributed by atoms with Crippen molar-refractivity contribution >= 4 is 0 Å². The topological polar surface area (TPSA) is 18.5 Å². The predicted molar refractivity (Wildman–Crippen MR) is 40.4 cm³/mol. The van der Waals surface area contributed by atoms with Crippen molar-refractivity contribution in [1.82, 2.24) is 0 Å². The highest BCUT2D eigenvalue weighted by molar-refractivity contribution is 4.90. The van der Waals surface area contributed by atoms with E-state index in [0.717, 1.165) is 6.42 Å². The molecule has 2 nitrogen and oxygen atoms in total. The molecule has 0 aromatic carbocycles. The van der Waals surface area contributed by atoms with Crippen LogP contribution in [-0.2, 0) is 9.47 Å². The van der Waals surface area contributed by atoms with E-state index in [-0.39, 0.29) is 12.2 Å². The van der Waals surface area contributed by atoms with Gasteiger partial charge in [0, 0.05) is 26.6 Å². The third kappa shape index (κ3) is 3.49. The highest BCUT2D eigenvalue weighted by atomic mass is 16.7. The van der Waals surface area contributed by atoms with Crippen molar-refractivity contribution in [1.29, 1.82) is 0 Å². The Kier molecular flexibility index (Phi) is 5.00. The molecule has 10 heavy (non-hydrogen) atoms. The molecule has 0 N–H and O–H groups in total. The number of hydrogen-bond acceptors (Lipinski definition) is 2. The van der Waals surface area contributed by atoms with Crippen LogP contribution in [0, 0.1) is 18.3 Å². The van der Waals surface area contributed by atoms with Crippen molar-refractivity contribution in [3.05, 3.63) is 0 Å². The molecule has 1 unspecified atom stereocenters. The van der Waals surface area contributed by atoms with Gasteiger partial charge in [0.2, 0.25) is 0 Å². The van der Waals surface area contributed by atoms with E-state index in [0.29, 0.717) is 0 Å². The van der Waals surface area contributed by atoms with Crippen LogP contribution in [0.2, 0.25) is 0 Å². The fourth-order valence-corrected chi connectivity index (χ4v) is 0.645. The molecule has 1 atom stereocenters. The Labute approximate surface area is 62.5 Å². The highest BCUT2D eigenvalue weighted by Crippen LogP contribution is 2.06. The zero-order valence-corrected chi connectivity index (χ0v) is 6.76. The largest absolute Gasteiger partial charge is 0.356 e. The van der Waals surface area contributed by atoms with Crippen molar-refractivity contribution in [2.45, 2.75) is 19.6 Å². The summed E-state index contributed by atoms with van der Waals surface area (Å²) >= 11 is 0. The number of hydrogen-bond donors (Lipinski definition) is 0. The molecule has 0 aliphatic carbocycles. The quantitative estimate of drug-likeness (QED) is 0.434. The summed E-state index contributed by atoms with van der Waals surface area (Å²) in [5.41, 5.74) is 0. The summed E-state index contributed by atoms with van der Waals surface area (Å²) in [5.74, 6) is 2.82. The van der Waals surface area contributed by atoms with Gasteiger partial charge >= 0.3 is 0 Å². The van der Waals surface area contributed by atoms with E-state index in [2.05, 4.69) is 5.92 Å². The minimum absolute atomic E-state index is 0.161. The van der Waals surface area contributed by atoms with Crippen LogP contribution < -0.4 is 0 Å². The normalized spacial score (nSPS) is 13.1. The molecule has 0 aliphatic heterocycles. The maximum atomic E-state index is 5.17. The summed E-state index contributed by atoms with van der Waals surface area (Å²) in [6.45, 7) is 1.96. The summed E-state index contributed by atoms with van der Waals surface area (Å²) in [6.07, 6.45) is 5.76. The molecule has 0 saturated heterocycles. The Morgan fingerprint density at radius 2 is 1.90 bits per heavy atom. The molecule has 0 aliphatic rings.